The number of carbonyl (C=O) groups excluding carboxylic acids is 4. The lowest BCUT2D eigenvalue weighted by molar-refractivity contribution is -0.123. The van der Waals surface area contributed by atoms with Gasteiger partial charge in [0.05, 0.1) is 5.69 Å². The minimum atomic E-state index is -0.868. The minimum absolute atomic E-state index is 0.253. The van der Waals surface area contributed by atoms with E-state index in [4.69, 9.17) is 22.1 Å². The number of para-hydroxylation sites is 1. The summed E-state index contributed by atoms with van der Waals surface area (Å²) in [6.07, 6.45) is 1.28. The van der Waals surface area contributed by atoms with Crippen molar-refractivity contribution in [1.29, 1.82) is 0 Å². The molecule has 8 nitrogen and oxygen atoms in total. The highest BCUT2D eigenvalue weighted by molar-refractivity contribution is 6.39. The third-order valence-corrected chi connectivity index (χ3v) is 4.03. The van der Waals surface area contributed by atoms with Gasteiger partial charge < -0.3 is 10.5 Å². The Morgan fingerprint density at radius 3 is 2.46 bits per heavy atom. The Bertz CT molecular complexity index is 1000. The van der Waals surface area contributed by atoms with Crippen LogP contribution in [0.2, 0.25) is 5.02 Å². The second-order valence-electron chi connectivity index (χ2n) is 5.73. The average Bonchev–Trinajstić information content (AvgIpc) is 2.65. The van der Waals surface area contributed by atoms with E-state index in [1.54, 1.807) is 24.3 Å². The van der Waals surface area contributed by atoms with E-state index in [0.29, 0.717) is 10.6 Å². The van der Waals surface area contributed by atoms with Crippen molar-refractivity contribution in [3.63, 3.8) is 0 Å². The third kappa shape index (κ3) is 4.02. The molecule has 2 aromatic carbocycles. The maximum atomic E-state index is 12.8. The summed E-state index contributed by atoms with van der Waals surface area (Å²) in [5.74, 6) is -2.07. The van der Waals surface area contributed by atoms with E-state index in [-0.39, 0.29) is 23.6 Å². The van der Waals surface area contributed by atoms with Gasteiger partial charge in [0.1, 0.15) is 11.3 Å². The van der Waals surface area contributed by atoms with E-state index in [1.165, 1.54) is 30.3 Å². The number of ether oxygens (including phenoxy) is 1. The number of nitrogens with one attached hydrogen (secondary N) is 1. The summed E-state index contributed by atoms with van der Waals surface area (Å²) in [6.45, 7) is -0.365. The number of hydrogen-bond donors (Lipinski definition) is 2. The Labute approximate surface area is 164 Å². The Balaban J connectivity index is 1.98. The predicted molar refractivity (Wildman–Crippen MR) is 102 cm³/mol. The smallest absolute Gasteiger partial charge is 0.335 e. The third-order valence-electron chi connectivity index (χ3n) is 3.78. The Kier molecular flexibility index (Phi) is 5.42. The first kappa shape index (κ1) is 19.1. The highest BCUT2D eigenvalue weighted by Gasteiger charge is 2.36. The average molecular weight is 400 g/mol. The van der Waals surface area contributed by atoms with Gasteiger partial charge in [-0.05, 0) is 36.4 Å². The number of nitrogens with zero attached hydrogens (tertiary/aromatic N) is 1. The van der Waals surface area contributed by atoms with E-state index < -0.39 is 23.8 Å². The molecule has 9 heteroatoms. The molecule has 142 valence electrons. The van der Waals surface area contributed by atoms with E-state index >= 15 is 0 Å². The Morgan fingerprint density at radius 2 is 1.79 bits per heavy atom. The summed E-state index contributed by atoms with van der Waals surface area (Å²) in [6, 6.07) is 11.6. The summed E-state index contributed by atoms with van der Waals surface area (Å²) >= 11 is 5.84. The van der Waals surface area contributed by atoms with Gasteiger partial charge in [0.2, 0.25) is 0 Å². The number of halogens is 1. The second-order valence-corrected chi connectivity index (χ2v) is 6.16. The highest BCUT2D eigenvalue weighted by atomic mass is 35.5. The molecule has 1 heterocycles. The van der Waals surface area contributed by atoms with Gasteiger partial charge in [0, 0.05) is 10.6 Å². The van der Waals surface area contributed by atoms with Gasteiger partial charge in [-0.15, -0.1) is 0 Å². The van der Waals surface area contributed by atoms with Crippen LogP contribution in [-0.2, 0) is 14.4 Å². The van der Waals surface area contributed by atoms with Gasteiger partial charge in [-0.25, -0.2) is 9.69 Å². The van der Waals surface area contributed by atoms with Gasteiger partial charge in [0.25, 0.3) is 17.7 Å². The van der Waals surface area contributed by atoms with Gasteiger partial charge in [-0.1, -0.05) is 29.8 Å². The largest absolute Gasteiger partial charge is 0.483 e. The van der Waals surface area contributed by atoms with Crippen LogP contribution in [0.25, 0.3) is 6.08 Å². The van der Waals surface area contributed by atoms with Crippen LogP contribution in [0.1, 0.15) is 5.56 Å². The molecule has 28 heavy (non-hydrogen) atoms. The van der Waals surface area contributed by atoms with Crippen molar-refractivity contribution < 1.29 is 23.9 Å². The van der Waals surface area contributed by atoms with Crippen molar-refractivity contribution >= 4 is 47.1 Å². The second kappa shape index (κ2) is 7.93. The van der Waals surface area contributed by atoms with E-state index in [2.05, 4.69) is 5.32 Å². The predicted octanol–water partition coefficient (Wildman–Crippen LogP) is 1.87. The van der Waals surface area contributed by atoms with Crippen LogP contribution in [0, 0.1) is 0 Å². The summed E-state index contributed by atoms with van der Waals surface area (Å²) < 4.78 is 5.30. The van der Waals surface area contributed by atoms with Crippen LogP contribution in [0.4, 0.5) is 10.5 Å². The minimum Gasteiger partial charge on any atom is -0.483 e. The summed E-state index contributed by atoms with van der Waals surface area (Å²) in [7, 11) is 0. The van der Waals surface area contributed by atoms with Crippen LogP contribution in [-0.4, -0.2) is 30.4 Å². The van der Waals surface area contributed by atoms with Gasteiger partial charge in [-0.2, -0.15) is 0 Å². The van der Waals surface area contributed by atoms with Gasteiger partial charge >= 0.3 is 6.03 Å². The molecule has 0 saturated carbocycles. The number of imide groups is 2. The number of urea groups is 1. The first-order valence-corrected chi connectivity index (χ1v) is 8.42. The standard InChI is InChI=1S/C19H14ClN3O5/c20-12-5-7-13(8-6-12)23-18(26)14(17(25)22-19(23)27)9-11-3-1-2-4-15(11)28-10-16(21)24/h1-9H,10H2,(H2,21,24)(H,22,25,27)/b14-9+. The van der Waals surface area contributed by atoms with Crippen molar-refractivity contribution in [3.8, 4) is 5.75 Å². The molecule has 0 atom stereocenters. The van der Waals surface area contributed by atoms with E-state index in [9.17, 15) is 19.2 Å². The fourth-order valence-electron chi connectivity index (χ4n) is 2.52. The number of carbonyl (C=O) groups is 4. The molecule has 1 aliphatic rings. The van der Waals surface area contributed by atoms with Crippen LogP contribution in [0.5, 0.6) is 5.75 Å². The van der Waals surface area contributed by atoms with Crippen LogP contribution in [0.3, 0.4) is 0 Å². The van der Waals surface area contributed by atoms with Crippen LogP contribution < -0.4 is 20.7 Å². The summed E-state index contributed by atoms with van der Waals surface area (Å²) in [4.78, 5) is 49.0. The van der Waals surface area contributed by atoms with E-state index in [0.717, 1.165) is 4.90 Å². The maximum Gasteiger partial charge on any atom is 0.335 e. The van der Waals surface area contributed by atoms with Crippen molar-refractivity contribution in [2.45, 2.75) is 0 Å². The van der Waals surface area contributed by atoms with Gasteiger partial charge in [0.15, 0.2) is 6.61 Å². The molecule has 0 radical (unpaired) electrons. The molecule has 1 aliphatic heterocycles. The van der Waals surface area contributed by atoms with E-state index in [1.807, 2.05) is 0 Å². The number of anilines is 1. The lowest BCUT2D eigenvalue weighted by Gasteiger charge is -2.26. The Morgan fingerprint density at radius 1 is 1.11 bits per heavy atom. The lowest BCUT2D eigenvalue weighted by atomic mass is 10.1. The first-order valence-electron chi connectivity index (χ1n) is 8.04. The fraction of sp³-hybridized carbons (Fsp3) is 0.0526. The molecule has 2 aromatic rings. The monoisotopic (exact) mass is 399 g/mol. The topological polar surface area (TPSA) is 119 Å². The fourth-order valence-corrected chi connectivity index (χ4v) is 2.64. The SMILES string of the molecule is NC(=O)COc1ccccc1/C=C1\C(=O)NC(=O)N(c2ccc(Cl)cc2)C1=O. The lowest BCUT2D eigenvalue weighted by Crippen LogP contribution is -2.54. The molecular formula is C19H14ClN3O5. The number of nitrogens with two attached hydrogens (primary N) is 1. The van der Waals surface area contributed by atoms with Crippen molar-refractivity contribution in [2.24, 2.45) is 5.73 Å². The maximum absolute atomic E-state index is 12.8. The summed E-state index contributed by atoms with van der Waals surface area (Å²) in [5.41, 5.74) is 5.42. The van der Waals surface area contributed by atoms with Crippen LogP contribution >= 0.6 is 11.6 Å². The zero-order valence-corrected chi connectivity index (χ0v) is 15.1. The van der Waals surface area contributed by atoms with Crippen molar-refractivity contribution in [1.82, 2.24) is 5.32 Å². The number of hydrogen-bond acceptors (Lipinski definition) is 5. The molecule has 3 rings (SSSR count). The number of rotatable bonds is 5. The van der Waals surface area contributed by atoms with Gasteiger partial charge in [-0.3, -0.25) is 19.7 Å². The molecule has 1 fully saturated rings. The Hall–Kier alpha value is -3.65. The molecule has 5 amide bonds. The highest BCUT2D eigenvalue weighted by Crippen LogP contribution is 2.26. The normalized spacial score (nSPS) is 15.5. The molecule has 0 unspecified atom stereocenters. The number of amides is 5. The number of benzene rings is 2. The summed E-state index contributed by atoms with van der Waals surface area (Å²) in [5, 5.41) is 2.56. The zero-order chi connectivity index (χ0) is 20.3. The van der Waals surface area contributed by atoms with Crippen LogP contribution in [0.15, 0.2) is 54.1 Å². The molecule has 0 aliphatic carbocycles. The quantitative estimate of drug-likeness (QED) is 0.587. The molecule has 1 saturated heterocycles. The van der Waals surface area contributed by atoms with Crippen molar-refractivity contribution in [2.75, 3.05) is 11.5 Å². The molecule has 0 bridgehead atoms. The number of barbiturate groups is 1. The first-order chi connectivity index (χ1) is 13.4. The molecular weight excluding hydrogens is 386 g/mol. The number of primary amides is 1. The molecule has 3 N–H and O–H groups in total. The molecule has 0 aromatic heterocycles. The van der Waals surface area contributed by atoms with Crippen molar-refractivity contribution in [3.05, 3.63) is 64.7 Å². The zero-order valence-electron chi connectivity index (χ0n) is 14.3. The molecule has 0 spiro atoms.